The van der Waals surface area contributed by atoms with Crippen LogP contribution in [0.25, 0.3) is 0 Å². The zero-order chi connectivity index (χ0) is 28.6. The van der Waals surface area contributed by atoms with Crippen LogP contribution in [0.15, 0.2) is 65.3 Å². The van der Waals surface area contributed by atoms with E-state index in [0.29, 0.717) is 28.9 Å². The summed E-state index contributed by atoms with van der Waals surface area (Å²) in [5.74, 6) is -0.215. The number of hydrogen-bond donors (Lipinski definition) is 0. The van der Waals surface area contributed by atoms with E-state index in [1.807, 2.05) is 54.6 Å². The lowest BCUT2D eigenvalue weighted by Crippen LogP contribution is -2.50. The predicted molar refractivity (Wildman–Crippen MR) is 153 cm³/mol. The summed E-state index contributed by atoms with van der Waals surface area (Å²) in [6.45, 7) is 13.7. The average Bonchev–Trinajstić information content (AvgIpc) is 3.41. The van der Waals surface area contributed by atoms with E-state index in [1.54, 1.807) is 0 Å². The van der Waals surface area contributed by atoms with Crippen molar-refractivity contribution in [3.8, 4) is 5.75 Å². The lowest BCUT2D eigenvalue weighted by atomic mass is 9.96. The summed E-state index contributed by atoms with van der Waals surface area (Å²) in [5.41, 5.74) is 3.35. The van der Waals surface area contributed by atoms with Crippen LogP contribution in [0.2, 0.25) is 16.6 Å². The summed E-state index contributed by atoms with van der Waals surface area (Å²) in [6, 6.07) is 17.4. The molecule has 0 aliphatic heterocycles. The van der Waals surface area contributed by atoms with E-state index in [0.717, 1.165) is 16.9 Å². The van der Waals surface area contributed by atoms with Gasteiger partial charge in [0.25, 0.3) is 8.32 Å². The minimum absolute atomic E-state index is 0.0666. The molecule has 8 heteroatoms. The number of carbonyl (C=O) groups excluding carboxylic acids is 2. The lowest BCUT2D eigenvalue weighted by molar-refractivity contribution is -0.141. The fourth-order valence-electron chi connectivity index (χ4n) is 5.43. The minimum atomic E-state index is -2.06. The Bertz CT molecular complexity index is 1180. The molecule has 1 unspecified atom stereocenters. The first-order valence-corrected chi connectivity index (χ1v) is 15.7. The zero-order valence-corrected chi connectivity index (χ0v) is 25.1. The SMILES string of the molecule is COC(=O)CC(Cc1ccc(O[Si](C(C)C)(C(C)C)C(C)C)cc1)c1nc(C(=O)OCc2ccccc2)co1. The van der Waals surface area contributed by atoms with Crippen LogP contribution in [-0.2, 0) is 27.3 Å². The van der Waals surface area contributed by atoms with Gasteiger partial charge in [0.15, 0.2) is 11.6 Å². The van der Waals surface area contributed by atoms with Crippen molar-refractivity contribution in [3.05, 3.63) is 83.6 Å². The third-order valence-electron chi connectivity index (χ3n) is 7.34. The fourth-order valence-corrected chi connectivity index (χ4v) is 10.7. The first-order chi connectivity index (χ1) is 18.6. The Kier molecular flexibility index (Phi) is 10.5. The number of aromatic nitrogens is 1. The van der Waals surface area contributed by atoms with Gasteiger partial charge in [0.05, 0.1) is 19.4 Å². The molecule has 0 saturated carbocycles. The summed E-state index contributed by atoms with van der Waals surface area (Å²) in [4.78, 5) is 29.1. The van der Waals surface area contributed by atoms with Gasteiger partial charge in [-0.05, 0) is 46.3 Å². The molecule has 2 aromatic carbocycles. The number of carbonyl (C=O) groups is 2. The average molecular weight is 552 g/mol. The second-order valence-electron chi connectivity index (χ2n) is 10.9. The molecule has 0 amide bonds. The molecule has 7 nitrogen and oxygen atoms in total. The Morgan fingerprint density at radius 3 is 2.05 bits per heavy atom. The van der Waals surface area contributed by atoms with Crippen molar-refractivity contribution in [2.24, 2.45) is 0 Å². The second-order valence-corrected chi connectivity index (χ2v) is 16.3. The molecule has 0 bridgehead atoms. The Labute approximate surface area is 233 Å². The maximum Gasteiger partial charge on any atom is 0.360 e. The Hall–Kier alpha value is -3.39. The fraction of sp³-hybridized carbons (Fsp3) is 0.452. The molecular weight excluding hydrogens is 510 g/mol. The molecular formula is C31H41NO6Si. The number of ether oxygens (including phenoxy) is 2. The van der Waals surface area contributed by atoms with Crippen LogP contribution in [-0.4, -0.2) is 32.3 Å². The highest BCUT2D eigenvalue weighted by molar-refractivity contribution is 6.78. The summed E-state index contributed by atoms with van der Waals surface area (Å²) >= 11 is 0. The first kappa shape index (κ1) is 30.2. The van der Waals surface area contributed by atoms with E-state index in [4.69, 9.17) is 18.3 Å². The molecule has 0 saturated heterocycles. The van der Waals surface area contributed by atoms with Crippen molar-refractivity contribution in [2.45, 2.75) is 83.5 Å². The van der Waals surface area contributed by atoms with Crippen molar-refractivity contribution in [3.63, 3.8) is 0 Å². The van der Waals surface area contributed by atoms with Gasteiger partial charge in [0.1, 0.15) is 18.6 Å². The number of oxazole rings is 1. The van der Waals surface area contributed by atoms with Gasteiger partial charge in [0, 0.05) is 0 Å². The summed E-state index contributed by atoms with van der Waals surface area (Å²) < 4.78 is 22.7. The van der Waals surface area contributed by atoms with Gasteiger partial charge in [-0.3, -0.25) is 4.79 Å². The lowest BCUT2D eigenvalue weighted by Gasteiger charge is -2.42. The molecule has 3 rings (SSSR count). The van der Waals surface area contributed by atoms with Gasteiger partial charge >= 0.3 is 11.9 Å². The van der Waals surface area contributed by atoms with Crippen LogP contribution in [0.1, 0.15) is 81.4 Å². The van der Waals surface area contributed by atoms with E-state index in [9.17, 15) is 9.59 Å². The quantitative estimate of drug-likeness (QED) is 0.161. The monoisotopic (exact) mass is 551 g/mol. The highest BCUT2D eigenvalue weighted by atomic mass is 28.4. The van der Waals surface area contributed by atoms with Crippen molar-refractivity contribution in [1.29, 1.82) is 0 Å². The van der Waals surface area contributed by atoms with Gasteiger partial charge in [-0.25, -0.2) is 9.78 Å². The Balaban J connectivity index is 1.74. The smallest absolute Gasteiger partial charge is 0.360 e. The van der Waals surface area contributed by atoms with E-state index in [1.165, 1.54) is 13.4 Å². The number of methoxy groups -OCH3 is 1. The van der Waals surface area contributed by atoms with Gasteiger partial charge < -0.3 is 18.3 Å². The summed E-state index contributed by atoms with van der Waals surface area (Å²) in [7, 11) is -0.715. The molecule has 3 aromatic rings. The highest BCUT2D eigenvalue weighted by Gasteiger charge is 2.47. The molecule has 210 valence electrons. The standard InChI is InChI=1S/C31H41NO6Si/c1-21(2)39(22(3)4,23(5)6)38-27-15-13-24(14-16-27)17-26(18-29(33)35-7)30-32-28(20-36-30)31(34)37-19-25-11-9-8-10-12-25/h8-16,20-23,26H,17-19H2,1-7H3. The third-order valence-corrected chi connectivity index (χ3v) is 13.3. The van der Waals surface area contributed by atoms with Crippen LogP contribution in [0.3, 0.4) is 0 Å². The molecule has 0 radical (unpaired) electrons. The van der Waals surface area contributed by atoms with Crippen molar-refractivity contribution in [2.75, 3.05) is 7.11 Å². The maximum atomic E-state index is 12.5. The zero-order valence-electron chi connectivity index (χ0n) is 24.1. The molecule has 1 aromatic heterocycles. The van der Waals surface area contributed by atoms with Crippen LogP contribution in [0.5, 0.6) is 5.75 Å². The molecule has 1 atom stereocenters. The maximum absolute atomic E-state index is 12.5. The van der Waals surface area contributed by atoms with Crippen LogP contribution in [0, 0.1) is 0 Å². The van der Waals surface area contributed by atoms with Gasteiger partial charge in [-0.1, -0.05) is 84.0 Å². The number of hydrogen-bond acceptors (Lipinski definition) is 7. The topological polar surface area (TPSA) is 87.9 Å². The van der Waals surface area contributed by atoms with E-state index in [2.05, 4.69) is 46.5 Å². The van der Waals surface area contributed by atoms with E-state index >= 15 is 0 Å². The highest BCUT2D eigenvalue weighted by Crippen LogP contribution is 2.42. The van der Waals surface area contributed by atoms with Crippen LogP contribution < -0.4 is 4.43 Å². The first-order valence-electron chi connectivity index (χ1n) is 13.6. The Morgan fingerprint density at radius 1 is 0.872 bits per heavy atom. The second kappa shape index (κ2) is 13.6. The normalized spacial score (nSPS) is 12.6. The molecule has 0 N–H and O–H groups in total. The molecule has 1 heterocycles. The number of esters is 2. The molecule has 0 aliphatic carbocycles. The summed E-state index contributed by atoms with van der Waals surface area (Å²) in [6.07, 6.45) is 1.82. The largest absolute Gasteiger partial charge is 0.543 e. The molecule has 0 fully saturated rings. The third kappa shape index (κ3) is 7.59. The van der Waals surface area contributed by atoms with E-state index in [-0.39, 0.29) is 24.7 Å². The van der Waals surface area contributed by atoms with Crippen LogP contribution in [0.4, 0.5) is 0 Å². The van der Waals surface area contributed by atoms with E-state index < -0.39 is 20.2 Å². The van der Waals surface area contributed by atoms with Crippen molar-refractivity contribution < 1.29 is 27.9 Å². The number of rotatable bonds is 13. The van der Waals surface area contributed by atoms with Gasteiger partial charge in [0.2, 0.25) is 0 Å². The molecule has 0 aliphatic rings. The minimum Gasteiger partial charge on any atom is -0.543 e. The number of nitrogens with zero attached hydrogens (tertiary/aromatic N) is 1. The molecule has 39 heavy (non-hydrogen) atoms. The van der Waals surface area contributed by atoms with Crippen molar-refractivity contribution in [1.82, 2.24) is 4.98 Å². The van der Waals surface area contributed by atoms with Crippen molar-refractivity contribution >= 4 is 20.3 Å². The van der Waals surface area contributed by atoms with Gasteiger partial charge in [-0.15, -0.1) is 0 Å². The summed E-state index contributed by atoms with van der Waals surface area (Å²) in [5, 5.41) is 0. The Morgan fingerprint density at radius 2 is 1.49 bits per heavy atom. The van der Waals surface area contributed by atoms with Crippen LogP contribution >= 0.6 is 0 Å². The predicted octanol–water partition coefficient (Wildman–Crippen LogP) is 7.48. The molecule has 0 spiro atoms. The number of benzene rings is 2. The van der Waals surface area contributed by atoms with Gasteiger partial charge in [-0.2, -0.15) is 0 Å².